The lowest BCUT2D eigenvalue weighted by atomic mass is 10.0. The Morgan fingerprint density at radius 1 is 0.667 bits per heavy atom. The predicted molar refractivity (Wildman–Crippen MR) is 80.6 cm³/mol. The van der Waals surface area contributed by atoms with Crippen LogP contribution >= 0.6 is 12.4 Å². The van der Waals surface area contributed by atoms with Gasteiger partial charge in [-0.25, -0.2) is 0 Å². The summed E-state index contributed by atoms with van der Waals surface area (Å²) in [6.07, 6.45) is 2.01. The highest BCUT2D eigenvalue weighted by Gasteiger charge is 2.04. The van der Waals surface area contributed by atoms with Crippen molar-refractivity contribution in [1.29, 1.82) is 0 Å². The van der Waals surface area contributed by atoms with Gasteiger partial charge in [0.1, 0.15) is 0 Å². The molecule has 0 aliphatic heterocycles. The summed E-state index contributed by atoms with van der Waals surface area (Å²) in [5, 5.41) is 6.50. The molecule has 0 aliphatic rings. The van der Waals surface area contributed by atoms with Gasteiger partial charge in [-0.15, -0.1) is 12.4 Å². The van der Waals surface area contributed by atoms with E-state index in [1.54, 1.807) is 0 Å². The Morgan fingerprint density at radius 2 is 1.39 bits per heavy atom. The van der Waals surface area contributed by atoms with Gasteiger partial charge in [-0.1, -0.05) is 48.5 Å². The lowest BCUT2D eigenvalue weighted by Crippen LogP contribution is -1.79. The average molecular weight is 254 g/mol. The summed E-state index contributed by atoms with van der Waals surface area (Å²) in [4.78, 5) is 3.35. The first-order valence-corrected chi connectivity index (χ1v) is 5.81. The summed E-state index contributed by atoms with van der Waals surface area (Å²) in [5.74, 6) is 0. The molecule has 0 unspecified atom stereocenters. The van der Waals surface area contributed by atoms with Gasteiger partial charge >= 0.3 is 0 Å². The Hall–Kier alpha value is -1.99. The van der Waals surface area contributed by atoms with E-state index in [1.807, 2.05) is 6.20 Å². The highest BCUT2D eigenvalue weighted by molar-refractivity contribution is 6.18. The van der Waals surface area contributed by atoms with Gasteiger partial charge in [-0.05, 0) is 22.2 Å². The number of aromatic nitrogens is 1. The molecular weight excluding hydrogens is 242 g/mol. The van der Waals surface area contributed by atoms with Gasteiger partial charge in [0.25, 0.3) is 0 Å². The molecule has 1 aromatic heterocycles. The molecule has 0 bridgehead atoms. The van der Waals surface area contributed by atoms with Crippen LogP contribution in [0.25, 0.3) is 32.4 Å². The maximum atomic E-state index is 3.35. The Morgan fingerprint density at radius 3 is 2.28 bits per heavy atom. The average Bonchev–Trinajstić information content (AvgIpc) is 2.86. The maximum absolute atomic E-state index is 3.35. The molecule has 0 aliphatic carbocycles. The van der Waals surface area contributed by atoms with Crippen LogP contribution in [0.2, 0.25) is 0 Å². The van der Waals surface area contributed by atoms with Crippen LogP contribution in [0.5, 0.6) is 0 Å². The maximum Gasteiger partial charge on any atom is 0.0539 e. The van der Waals surface area contributed by atoms with Crippen molar-refractivity contribution in [3.63, 3.8) is 0 Å². The summed E-state index contributed by atoms with van der Waals surface area (Å²) in [6, 6.07) is 19.4. The van der Waals surface area contributed by atoms with Crippen LogP contribution in [0.15, 0.2) is 60.8 Å². The smallest absolute Gasteiger partial charge is 0.0539 e. The molecule has 2 heteroatoms. The van der Waals surface area contributed by atoms with Crippen molar-refractivity contribution in [2.45, 2.75) is 0 Å². The number of aromatic amines is 1. The van der Waals surface area contributed by atoms with Crippen molar-refractivity contribution in [1.82, 2.24) is 4.98 Å². The van der Waals surface area contributed by atoms with Crippen LogP contribution in [0.4, 0.5) is 0 Å². The van der Waals surface area contributed by atoms with E-state index in [-0.39, 0.29) is 12.4 Å². The zero-order valence-electron chi connectivity index (χ0n) is 9.68. The van der Waals surface area contributed by atoms with Crippen LogP contribution in [0, 0.1) is 0 Å². The SMILES string of the molecule is Cl.c1ccc2c(c1)ccc1ccc3cc[nH]c3c12. The first kappa shape index (κ1) is 11.1. The normalized spacial score (nSPS) is 10.9. The van der Waals surface area contributed by atoms with Crippen molar-refractivity contribution < 1.29 is 0 Å². The number of hydrogen-bond acceptors (Lipinski definition) is 0. The highest BCUT2D eigenvalue weighted by atomic mass is 35.5. The molecule has 0 radical (unpaired) electrons. The molecule has 18 heavy (non-hydrogen) atoms. The third-order valence-corrected chi connectivity index (χ3v) is 3.43. The largest absolute Gasteiger partial charge is 0.361 e. The van der Waals surface area contributed by atoms with E-state index in [0.29, 0.717) is 0 Å². The fraction of sp³-hybridized carbons (Fsp3) is 0. The highest BCUT2D eigenvalue weighted by Crippen LogP contribution is 2.30. The molecule has 1 nitrogen and oxygen atoms in total. The van der Waals surface area contributed by atoms with E-state index < -0.39 is 0 Å². The van der Waals surface area contributed by atoms with E-state index in [4.69, 9.17) is 0 Å². The van der Waals surface area contributed by atoms with E-state index in [2.05, 4.69) is 59.6 Å². The number of hydrogen-bond donors (Lipinski definition) is 1. The first-order chi connectivity index (χ1) is 8.43. The Bertz CT molecular complexity index is 845. The van der Waals surface area contributed by atoms with Gasteiger partial charge in [0.05, 0.1) is 5.52 Å². The minimum atomic E-state index is 0. The zero-order valence-corrected chi connectivity index (χ0v) is 10.5. The third kappa shape index (κ3) is 1.41. The van der Waals surface area contributed by atoms with Crippen molar-refractivity contribution in [2.24, 2.45) is 0 Å². The van der Waals surface area contributed by atoms with E-state index in [0.717, 1.165) is 0 Å². The molecule has 88 valence electrons. The quantitative estimate of drug-likeness (QED) is 0.429. The Labute approximate surface area is 111 Å². The number of fused-ring (bicyclic) bond motifs is 5. The monoisotopic (exact) mass is 253 g/mol. The number of nitrogens with one attached hydrogen (secondary N) is 1. The molecule has 0 saturated carbocycles. The summed E-state index contributed by atoms with van der Waals surface area (Å²) in [6.45, 7) is 0. The summed E-state index contributed by atoms with van der Waals surface area (Å²) >= 11 is 0. The standard InChI is InChI=1S/C16H11N.ClH/c1-2-4-14-11(3-1)5-6-12-7-8-13-9-10-17-16(13)15(12)14;/h1-10,17H;1H. The molecule has 0 fully saturated rings. The van der Waals surface area contributed by atoms with Crippen LogP contribution in [-0.4, -0.2) is 4.98 Å². The fourth-order valence-electron chi connectivity index (χ4n) is 2.62. The van der Waals surface area contributed by atoms with Crippen LogP contribution in [0.1, 0.15) is 0 Å². The van der Waals surface area contributed by atoms with E-state index >= 15 is 0 Å². The zero-order chi connectivity index (χ0) is 11.2. The number of rotatable bonds is 0. The molecule has 4 rings (SSSR count). The van der Waals surface area contributed by atoms with Crippen molar-refractivity contribution in [3.05, 3.63) is 60.8 Å². The lowest BCUT2D eigenvalue weighted by Gasteiger charge is -2.05. The van der Waals surface area contributed by atoms with E-state index in [9.17, 15) is 0 Å². The second kappa shape index (κ2) is 4.04. The third-order valence-electron chi connectivity index (χ3n) is 3.43. The molecule has 0 amide bonds. The van der Waals surface area contributed by atoms with Crippen LogP contribution < -0.4 is 0 Å². The van der Waals surface area contributed by atoms with Crippen molar-refractivity contribution >= 4 is 44.9 Å². The molecule has 4 aromatic rings. The molecule has 1 heterocycles. The van der Waals surface area contributed by atoms with Gasteiger partial charge in [0.15, 0.2) is 0 Å². The first-order valence-electron chi connectivity index (χ1n) is 5.81. The summed E-state index contributed by atoms with van der Waals surface area (Å²) < 4.78 is 0. The Balaban J connectivity index is 0.000001000. The van der Waals surface area contributed by atoms with Gasteiger partial charge in [0, 0.05) is 17.0 Å². The number of halogens is 1. The Kier molecular flexibility index (Phi) is 2.49. The lowest BCUT2D eigenvalue weighted by molar-refractivity contribution is 1.49. The minimum Gasteiger partial charge on any atom is -0.361 e. The van der Waals surface area contributed by atoms with E-state index in [1.165, 1.54) is 32.4 Å². The van der Waals surface area contributed by atoms with Gasteiger partial charge < -0.3 is 4.98 Å². The molecule has 0 atom stereocenters. The second-order valence-corrected chi connectivity index (χ2v) is 4.39. The van der Waals surface area contributed by atoms with Gasteiger partial charge in [0.2, 0.25) is 0 Å². The van der Waals surface area contributed by atoms with Gasteiger partial charge in [-0.2, -0.15) is 0 Å². The summed E-state index contributed by atoms with van der Waals surface area (Å²) in [5.41, 5.74) is 1.24. The predicted octanol–water partition coefficient (Wildman–Crippen LogP) is 4.90. The molecule has 0 saturated heterocycles. The van der Waals surface area contributed by atoms with Crippen molar-refractivity contribution in [3.8, 4) is 0 Å². The van der Waals surface area contributed by atoms with Crippen LogP contribution in [0.3, 0.4) is 0 Å². The summed E-state index contributed by atoms with van der Waals surface area (Å²) in [7, 11) is 0. The van der Waals surface area contributed by atoms with Crippen molar-refractivity contribution in [2.75, 3.05) is 0 Å². The molecule has 1 N–H and O–H groups in total. The molecule has 0 spiro atoms. The second-order valence-electron chi connectivity index (χ2n) is 4.39. The number of benzene rings is 3. The number of H-pyrrole nitrogens is 1. The minimum absolute atomic E-state index is 0. The van der Waals surface area contributed by atoms with Gasteiger partial charge in [-0.3, -0.25) is 0 Å². The molecular formula is C16H12ClN. The van der Waals surface area contributed by atoms with Crippen LogP contribution in [-0.2, 0) is 0 Å². The molecule has 3 aromatic carbocycles. The topological polar surface area (TPSA) is 15.8 Å². The fourth-order valence-corrected chi connectivity index (χ4v) is 2.62.